The summed E-state index contributed by atoms with van der Waals surface area (Å²) in [6, 6.07) is 18.8. The predicted molar refractivity (Wildman–Crippen MR) is 159 cm³/mol. The topological polar surface area (TPSA) is 107 Å². The van der Waals surface area contributed by atoms with Gasteiger partial charge in [0.05, 0.1) is 18.2 Å². The van der Waals surface area contributed by atoms with Gasteiger partial charge in [0.2, 0.25) is 5.91 Å². The van der Waals surface area contributed by atoms with Crippen molar-refractivity contribution in [3.8, 4) is 5.75 Å². The lowest BCUT2D eigenvalue weighted by molar-refractivity contribution is -0.138. The number of rotatable bonds is 6. The number of halogens is 1. The van der Waals surface area contributed by atoms with Crippen molar-refractivity contribution in [1.82, 2.24) is 15.1 Å². The van der Waals surface area contributed by atoms with Gasteiger partial charge in [-0.25, -0.2) is 0 Å². The number of Topliss-reactive ketones (excluding diaryl/α,β-unsaturated/α-hetero) is 1. The number of ketones is 1. The van der Waals surface area contributed by atoms with Crippen molar-refractivity contribution in [2.24, 2.45) is 0 Å². The number of nitrogens with zero attached hydrogens (tertiary/aromatic N) is 2. The zero-order valence-electron chi connectivity index (χ0n) is 21.8. The third-order valence-electron chi connectivity index (χ3n) is 7.74. The van der Waals surface area contributed by atoms with E-state index in [-0.39, 0.29) is 36.3 Å². The number of fused-ring (bicyclic) bond motifs is 2. The highest BCUT2D eigenvalue weighted by Crippen LogP contribution is 2.34. The molecule has 2 N–H and O–H groups in total. The minimum atomic E-state index is -0.955. The van der Waals surface area contributed by atoms with Crippen LogP contribution in [-0.4, -0.2) is 69.6 Å². The fourth-order valence-corrected chi connectivity index (χ4v) is 7.11. The molecule has 208 valence electrons. The number of phenolic OH excluding ortho intramolecular Hbond substituents is 1. The van der Waals surface area contributed by atoms with E-state index in [1.54, 1.807) is 41.3 Å². The monoisotopic (exact) mass is 631 g/mol. The first kappa shape index (κ1) is 27.2. The van der Waals surface area contributed by atoms with Crippen molar-refractivity contribution in [1.29, 1.82) is 0 Å². The average molecular weight is 633 g/mol. The molecule has 1 aromatic heterocycles. The number of phenols is 1. The van der Waals surface area contributed by atoms with E-state index in [1.165, 1.54) is 28.4 Å². The molecule has 2 saturated heterocycles. The highest BCUT2D eigenvalue weighted by Gasteiger charge is 2.52. The van der Waals surface area contributed by atoms with Crippen LogP contribution < -0.4 is 5.32 Å². The van der Waals surface area contributed by atoms with E-state index < -0.39 is 24.0 Å². The highest BCUT2D eigenvalue weighted by molar-refractivity contribution is 9.10. The molecule has 10 heteroatoms. The lowest BCUT2D eigenvalue weighted by atomic mass is 10.0. The van der Waals surface area contributed by atoms with Crippen LogP contribution in [0.15, 0.2) is 82.6 Å². The van der Waals surface area contributed by atoms with Crippen molar-refractivity contribution >= 4 is 60.9 Å². The number of hydrogen-bond acceptors (Lipinski definition) is 6. The Morgan fingerprint density at radius 2 is 1.80 bits per heavy atom. The van der Waals surface area contributed by atoms with Crippen molar-refractivity contribution in [3.05, 3.63) is 99.3 Å². The number of hydrogen-bond donors (Lipinski definition) is 2. The van der Waals surface area contributed by atoms with Gasteiger partial charge < -0.3 is 20.2 Å². The predicted octanol–water partition coefficient (Wildman–Crippen LogP) is 4.41. The number of thiophene rings is 1. The van der Waals surface area contributed by atoms with Crippen LogP contribution in [0, 0.1) is 0 Å². The molecule has 8 nitrogen and oxygen atoms in total. The highest BCUT2D eigenvalue weighted by atomic mass is 79.9. The minimum absolute atomic E-state index is 0.0604. The van der Waals surface area contributed by atoms with Gasteiger partial charge in [-0.05, 0) is 48.4 Å². The van der Waals surface area contributed by atoms with Gasteiger partial charge in [0, 0.05) is 38.5 Å². The third-order valence-corrected chi connectivity index (χ3v) is 9.20. The maximum absolute atomic E-state index is 14.0. The van der Waals surface area contributed by atoms with E-state index in [0.29, 0.717) is 24.1 Å². The van der Waals surface area contributed by atoms with E-state index in [2.05, 4.69) is 21.2 Å². The standard InChI is InChI=1S/C31H26BrN3O5S/c32-20-5-3-4-19(15-20)29(38)33-24(14-18-8-10-21(36)11-9-18)31(40)34-13-12-25-28(34)26(37)16-35(25)30(39)23-17-41-27-7-2-1-6-22(23)27/h1-11,15,17,24-25,28,36H,12-14,16H2,(H,33,38)/t24-,25?,28-/m0/s1. The molecule has 0 bridgehead atoms. The summed E-state index contributed by atoms with van der Waals surface area (Å²) in [4.78, 5) is 57.3. The molecule has 3 amide bonds. The Bertz CT molecular complexity index is 1670. The lowest BCUT2D eigenvalue weighted by Crippen LogP contribution is -2.53. The van der Waals surface area contributed by atoms with Crippen molar-refractivity contribution in [2.75, 3.05) is 13.1 Å². The molecule has 2 aliphatic rings. The molecule has 0 saturated carbocycles. The van der Waals surface area contributed by atoms with Crippen LogP contribution in [0.4, 0.5) is 0 Å². The van der Waals surface area contributed by atoms with Crippen LogP contribution in [0.5, 0.6) is 5.75 Å². The van der Waals surface area contributed by atoms with E-state index >= 15 is 0 Å². The van der Waals surface area contributed by atoms with Crippen LogP contribution in [0.3, 0.4) is 0 Å². The second-order valence-electron chi connectivity index (χ2n) is 10.3. The quantitative estimate of drug-likeness (QED) is 0.328. The van der Waals surface area contributed by atoms with Crippen LogP contribution in [0.25, 0.3) is 10.1 Å². The Morgan fingerprint density at radius 1 is 1.02 bits per heavy atom. The van der Waals surface area contributed by atoms with Crippen molar-refractivity contribution in [2.45, 2.75) is 31.0 Å². The zero-order chi connectivity index (χ0) is 28.7. The number of likely N-dealkylation sites (tertiary alicyclic amines) is 2. The van der Waals surface area contributed by atoms with E-state index in [0.717, 1.165) is 20.1 Å². The summed E-state index contributed by atoms with van der Waals surface area (Å²) in [6.07, 6.45) is 0.645. The third kappa shape index (κ3) is 5.25. The number of carbonyl (C=O) groups is 4. The summed E-state index contributed by atoms with van der Waals surface area (Å²) in [5.74, 6) is -1.09. The second kappa shape index (κ2) is 11.1. The largest absolute Gasteiger partial charge is 0.508 e. The van der Waals surface area contributed by atoms with E-state index in [1.807, 2.05) is 29.6 Å². The number of benzene rings is 3. The molecule has 3 heterocycles. The molecular formula is C31H26BrN3O5S. The molecule has 0 radical (unpaired) electrons. The average Bonchev–Trinajstić information content (AvgIpc) is 3.68. The Kier molecular flexibility index (Phi) is 7.35. The zero-order valence-corrected chi connectivity index (χ0v) is 24.2. The van der Waals surface area contributed by atoms with Crippen molar-refractivity contribution < 1.29 is 24.3 Å². The van der Waals surface area contributed by atoms with Crippen molar-refractivity contribution in [3.63, 3.8) is 0 Å². The van der Waals surface area contributed by atoms with Gasteiger partial charge in [-0.3, -0.25) is 19.2 Å². The Balaban J connectivity index is 1.25. The number of amides is 3. The maximum Gasteiger partial charge on any atom is 0.256 e. The molecule has 0 aliphatic carbocycles. The Hall–Kier alpha value is -4.02. The summed E-state index contributed by atoms with van der Waals surface area (Å²) in [5, 5.41) is 15.3. The summed E-state index contributed by atoms with van der Waals surface area (Å²) >= 11 is 4.86. The molecule has 2 fully saturated rings. The van der Waals surface area contributed by atoms with Crippen LogP contribution >= 0.6 is 27.3 Å². The molecule has 6 rings (SSSR count). The van der Waals surface area contributed by atoms with Gasteiger partial charge >= 0.3 is 0 Å². The smallest absolute Gasteiger partial charge is 0.256 e. The number of nitrogens with one attached hydrogen (secondary N) is 1. The fraction of sp³-hybridized carbons (Fsp3) is 0.226. The van der Waals surface area contributed by atoms with Crippen LogP contribution in [-0.2, 0) is 16.0 Å². The first-order chi connectivity index (χ1) is 19.8. The molecular weight excluding hydrogens is 606 g/mol. The molecule has 41 heavy (non-hydrogen) atoms. The number of carbonyl (C=O) groups excluding carboxylic acids is 4. The van der Waals surface area contributed by atoms with Gasteiger partial charge in [-0.1, -0.05) is 52.3 Å². The van der Waals surface area contributed by atoms with Gasteiger partial charge in [-0.2, -0.15) is 0 Å². The molecule has 1 unspecified atom stereocenters. The number of aromatic hydroxyl groups is 1. The maximum atomic E-state index is 14.0. The first-order valence-corrected chi connectivity index (χ1v) is 14.9. The lowest BCUT2D eigenvalue weighted by Gasteiger charge is -2.28. The van der Waals surface area contributed by atoms with E-state index in [9.17, 15) is 24.3 Å². The van der Waals surface area contributed by atoms with Gasteiger partial charge in [0.1, 0.15) is 17.8 Å². The summed E-state index contributed by atoms with van der Waals surface area (Å²) in [6.45, 7) is 0.238. The van der Waals surface area contributed by atoms with Crippen LogP contribution in [0.2, 0.25) is 0 Å². The van der Waals surface area contributed by atoms with Gasteiger partial charge in [0.25, 0.3) is 11.8 Å². The molecule has 3 aromatic carbocycles. The SMILES string of the molecule is O=C(N[C@@H](Cc1ccc(O)cc1)C(=O)N1CCC2[C@H]1C(=O)CN2C(=O)c1csc2ccccc12)c1cccc(Br)c1. The normalized spacial score (nSPS) is 18.9. The first-order valence-electron chi connectivity index (χ1n) is 13.2. The van der Waals surface area contributed by atoms with Crippen LogP contribution in [0.1, 0.15) is 32.7 Å². The minimum Gasteiger partial charge on any atom is -0.508 e. The fourth-order valence-electron chi connectivity index (χ4n) is 5.78. The van der Waals surface area contributed by atoms with Gasteiger partial charge in [0.15, 0.2) is 5.78 Å². The molecule has 4 aromatic rings. The van der Waals surface area contributed by atoms with E-state index in [4.69, 9.17) is 0 Å². The Morgan fingerprint density at radius 3 is 2.59 bits per heavy atom. The molecule has 3 atom stereocenters. The second-order valence-corrected chi connectivity index (χ2v) is 12.1. The summed E-state index contributed by atoms with van der Waals surface area (Å²) in [5.41, 5.74) is 1.69. The summed E-state index contributed by atoms with van der Waals surface area (Å²) in [7, 11) is 0. The summed E-state index contributed by atoms with van der Waals surface area (Å²) < 4.78 is 1.73. The Labute approximate surface area is 248 Å². The molecule has 2 aliphatic heterocycles. The molecule has 0 spiro atoms. The van der Waals surface area contributed by atoms with Gasteiger partial charge in [-0.15, -0.1) is 11.3 Å².